The Morgan fingerprint density at radius 1 is 1.26 bits per heavy atom. The lowest BCUT2D eigenvalue weighted by molar-refractivity contribution is -0.131. The number of fused-ring (bicyclic) bond motifs is 1. The zero-order valence-electron chi connectivity index (χ0n) is 18.1. The van der Waals surface area contributed by atoms with E-state index < -0.39 is 10.0 Å². The van der Waals surface area contributed by atoms with Crippen LogP contribution in [0.4, 0.5) is 0 Å². The third-order valence-electron chi connectivity index (χ3n) is 6.04. The number of carbonyl (C=O) groups excluding carboxylic acids is 1. The molecule has 2 aliphatic rings. The molecule has 0 saturated carbocycles. The summed E-state index contributed by atoms with van der Waals surface area (Å²) in [5.74, 6) is 0.813. The number of rotatable bonds is 7. The molecule has 170 valence electrons. The fourth-order valence-corrected chi connectivity index (χ4v) is 5.58. The summed E-state index contributed by atoms with van der Waals surface area (Å²) in [6.07, 6.45) is 3.02. The Hall–Kier alpha value is -2.01. The maximum Gasteiger partial charge on any atom is 0.243 e. The average molecular weight is 451 g/mol. The van der Waals surface area contributed by atoms with Crippen molar-refractivity contribution in [3.63, 3.8) is 0 Å². The van der Waals surface area contributed by atoms with E-state index in [-0.39, 0.29) is 16.9 Å². The van der Waals surface area contributed by atoms with Gasteiger partial charge in [0.25, 0.3) is 0 Å². The molecule has 1 unspecified atom stereocenters. The van der Waals surface area contributed by atoms with Crippen molar-refractivity contribution in [2.24, 2.45) is 7.05 Å². The predicted molar refractivity (Wildman–Crippen MR) is 115 cm³/mol. The monoisotopic (exact) mass is 450 g/mol. The van der Waals surface area contributed by atoms with Gasteiger partial charge < -0.3 is 18.9 Å². The first-order valence-corrected chi connectivity index (χ1v) is 12.2. The number of hydrogen-bond donors (Lipinski definition) is 0. The van der Waals surface area contributed by atoms with Gasteiger partial charge in [-0.15, -0.1) is 0 Å². The molecule has 0 bridgehead atoms. The molecule has 1 aromatic carbocycles. The van der Waals surface area contributed by atoms with Crippen molar-refractivity contribution < 1.29 is 22.7 Å². The van der Waals surface area contributed by atoms with Crippen molar-refractivity contribution in [2.45, 2.75) is 36.7 Å². The molecule has 2 aromatic rings. The number of hydrogen-bond acceptors (Lipinski definition) is 6. The minimum Gasteiger partial charge on any atom is -0.379 e. The standard InChI is InChI=1S/C21H30N4O5S/c1-23(15-16-4-3-11-30-16)21(26)8-7-20-22-18-14-17(5-6-19(18)24(20)2)31(27,28)25-9-12-29-13-10-25/h5-6,14,16H,3-4,7-13,15H2,1-2H3. The van der Waals surface area contributed by atoms with Crippen LogP contribution in [-0.2, 0) is 37.8 Å². The number of ether oxygens (including phenoxy) is 2. The third kappa shape index (κ3) is 4.77. The van der Waals surface area contributed by atoms with Crippen molar-refractivity contribution in [1.82, 2.24) is 18.8 Å². The topological polar surface area (TPSA) is 94.0 Å². The zero-order valence-corrected chi connectivity index (χ0v) is 18.9. The summed E-state index contributed by atoms with van der Waals surface area (Å²) in [6.45, 7) is 2.92. The predicted octanol–water partition coefficient (Wildman–Crippen LogP) is 1.16. The molecular weight excluding hydrogens is 420 g/mol. The first-order chi connectivity index (χ1) is 14.9. The number of likely N-dealkylation sites (N-methyl/N-ethyl adjacent to an activating group) is 1. The van der Waals surface area contributed by atoms with Crippen molar-refractivity contribution in [1.29, 1.82) is 0 Å². The van der Waals surface area contributed by atoms with E-state index in [9.17, 15) is 13.2 Å². The van der Waals surface area contributed by atoms with Gasteiger partial charge in [0.1, 0.15) is 5.82 Å². The van der Waals surface area contributed by atoms with E-state index in [1.807, 2.05) is 18.7 Å². The van der Waals surface area contributed by atoms with Gasteiger partial charge in [0.05, 0.1) is 35.2 Å². The number of amides is 1. The first-order valence-electron chi connectivity index (χ1n) is 10.7. The Labute approximate surface area is 183 Å². The summed E-state index contributed by atoms with van der Waals surface area (Å²) in [6, 6.07) is 5.03. The van der Waals surface area contributed by atoms with Crippen LogP contribution >= 0.6 is 0 Å². The Kier molecular flexibility index (Phi) is 6.61. The number of aromatic nitrogens is 2. The van der Waals surface area contributed by atoms with Gasteiger partial charge in [0.2, 0.25) is 15.9 Å². The van der Waals surface area contributed by atoms with Gasteiger partial charge in [-0.1, -0.05) is 0 Å². The third-order valence-corrected chi connectivity index (χ3v) is 7.94. The molecule has 9 nitrogen and oxygen atoms in total. The molecule has 10 heteroatoms. The highest BCUT2D eigenvalue weighted by Crippen LogP contribution is 2.23. The number of nitrogens with zero attached hydrogens (tertiary/aromatic N) is 4. The lowest BCUT2D eigenvalue weighted by Crippen LogP contribution is -2.40. The molecular formula is C21H30N4O5S. The maximum atomic E-state index is 12.9. The van der Waals surface area contributed by atoms with Crippen LogP contribution in [-0.4, -0.2) is 85.7 Å². The van der Waals surface area contributed by atoms with Crippen molar-refractivity contribution >= 4 is 27.0 Å². The fourth-order valence-electron chi connectivity index (χ4n) is 4.15. The summed E-state index contributed by atoms with van der Waals surface area (Å²) in [5, 5.41) is 0. The van der Waals surface area contributed by atoms with Crippen molar-refractivity contribution in [2.75, 3.05) is 46.5 Å². The quantitative estimate of drug-likeness (QED) is 0.629. The highest BCUT2D eigenvalue weighted by Gasteiger charge is 2.27. The van der Waals surface area contributed by atoms with E-state index in [1.54, 1.807) is 23.1 Å². The van der Waals surface area contributed by atoms with E-state index in [0.29, 0.717) is 51.2 Å². The minimum atomic E-state index is -3.57. The molecule has 0 spiro atoms. The van der Waals surface area contributed by atoms with E-state index in [2.05, 4.69) is 4.98 Å². The van der Waals surface area contributed by atoms with Crippen molar-refractivity contribution in [3.8, 4) is 0 Å². The van der Waals surface area contributed by atoms with Gasteiger partial charge in [0.15, 0.2) is 0 Å². The van der Waals surface area contributed by atoms with Crippen LogP contribution < -0.4 is 0 Å². The zero-order chi connectivity index (χ0) is 22.0. The normalized spacial score (nSPS) is 20.4. The van der Waals surface area contributed by atoms with Crippen LogP contribution in [0.1, 0.15) is 25.1 Å². The summed E-state index contributed by atoms with van der Waals surface area (Å²) in [7, 11) is 0.123. The number of aryl methyl sites for hydroxylation is 2. The molecule has 2 fully saturated rings. The van der Waals surface area contributed by atoms with Crippen molar-refractivity contribution in [3.05, 3.63) is 24.0 Å². The first kappa shape index (κ1) is 22.2. The van der Waals surface area contributed by atoms with Gasteiger partial charge in [-0.3, -0.25) is 4.79 Å². The number of sulfonamides is 1. The molecule has 2 saturated heterocycles. The maximum absolute atomic E-state index is 12.9. The lowest BCUT2D eigenvalue weighted by Gasteiger charge is -2.26. The molecule has 1 aromatic heterocycles. The van der Waals surface area contributed by atoms with Crippen LogP contribution in [0, 0.1) is 0 Å². The largest absolute Gasteiger partial charge is 0.379 e. The second kappa shape index (κ2) is 9.23. The molecule has 4 rings (SSSR count). The van der Waals surface area contributed by atoms with E-state index in [1.165, 1.54) is 4.31 Å². The summed E-state index contributed by atoms with van der Waals surface area (Å²) in [5.41, 5.74) is 1.46. The van der Waals surface area contributed by atoms with Crippen LogP contribution in [0.5, 0.6) is 0 Å². The molecule has 0 radical (unpaired) electrons. The highest BCUT2D eigenvalue weighted by molar-refractivity contribution is 7.89. The number of benzene rings is 1. The molecule has 1 amide bonds. The second-order valence-electron chi connectivity index (χ2n) is 8.16. The van der Waals surface area contributed by atoms with Crippen LogP contribution in [0.15, 0.2) is 23.1 Å². The lowest BCUT2D eigenvalue weighted by atomic mass is 10.2. The van der Waals surface area contributed by atoms with E-state index in [0.717, 1.165) is 30.8 Å². The summed E-state index contributed by atoms with van der Waals surface area (Å²) < 4.78 is 40.1. The summed E-state index contributed by atoms with van der Waals surface area (Å²) >= 11 is 0. The molecule has 1 atom stereocenters. The van der Waals surface area contributed by atoms with Gasteiger partial charge in [-0.25, -0.2) is 13.4 Å². The molecule has 0 N–H and O–H groups in total. The number of morpholine rings is 1. The Balaban J connectivity index is 1.45. The SMILES string of the molecule is CN(CC1CCCO1)C(=O)CCc1nc2cc(S(=O)(=O)N3CCOCC3)ccc2n1C. The smallest absolute Gasteiger partial charge is 0.243 e. The van der Waals surface area contributed by atoms with Crippen LogP contribution in [0.25, 0.3) is 11.0 Å². The van der Waals surface area contributed by atoms with E-state index >= 15 is 0 Å². The van der Waals surface area contributed by atoms with Gasteiger partial charge >= 0.3 is 0 Å². The second-order valence-corrected chi connectivity index (χ2v) is 10.1. The summed E-state index contributed by atoms with van der Waals surface area (Å²) in [4.78, 5) is 19.1. The van der Waals surface area contributed by atoms with Crippen LogP contribution in [0.3, 0.4) is 0 Å². The Morgan fingerprint density at radius 2 is 2.03 bits per heavy atom. The van der Waals surface area contributed by atoms with Gasteiger partial charge in [0, 0.05) is 53.2 Å². The van der Waals surface area contributed by atoms with Gasteiger partial charge in [-0.2, -0.15) is 4.31 Å². The molecule has 2 aliphatic heterocycles. The Bertz CT molecular complexity index is 1040. The van der Waals surface area contributed by atoms with E-state index in [4.69, 9.17) is 9.47 Å². The highest BCUT2D eigenvalue weighted by atomic mass is 32.2. The molecule has 31 heavy (non-hydrogen) atoms. The Morgan fingerprint density at radius 3 is 2.74 bits per heavy atom. The minimum absolute atomic E-state index is 0.0538. The van der Waals surface area contributed by atoms with Gasteiger partial charge in [-0.05, 0) is 31.0 Å². The fraction of sp³-hybridized carbons (Fsp3) is 0.619. The number of imidazole rings is 1. The molecule has 3 heterocycles. The average Bonchev–Trinajstić information content (AvgIpc) is 3.40. The van der Waals surface area contributed by atoms with Crippen LogP contribution in [0.2, 0.25) is 0 Å². The molecule has 0 aliphatic carbocycles. The number of carbonyl (C=O) groups is 1.